The molecule has 0 aliphatic rings. The molecule has 0 rings (SSSR count). The highest BCUT2D eigenvalue weighted by Gasteiger charge is 2.19. The first-order valence-electron chi connectivity index (χ1n) is 33.8. The Morgan fingerprint density at radius 1 is 0.253 bits per heavy atom. The van der Waals surface area contributed by atoms with E-state index in [1.807, 2.05) is 0 Å². The van der Waals surface area contributed by atoms with Crippen molar-refractivity contribution >= 4 is 17.9 Å². The first-order chi connectivity index (χ1) is 37.0. The largest absolute Gasteiger partial charge is 0.462 e. The molecule has 6 heteroatoms. The first-order valence-corrected chi connectivity index (χ1v) is 33.8. The number of carbonyl (C=O) groups excluding carboxylic acids is 3. The van der Waals surface area contributed by atoms with Crippen LogP contribution in [0.3, 0.4) is 0 Å². The number of rotatable bonds is 63. The van der Waals surface area contributed by atoms with Crippen LogP contribution in [0.25, 0.3) is 0 Å². The molecule has 0 spiro atoms. The van der Waals surface area contributed by atoms with Gasteiger partial charge in [0.2, 0.25) is 0 Å². The lowest BCUT2D eigenvalue weighted by atomic mass is 10.0. The molecule has 1 unspecified atom stereocenters. The highest BCUT2D eigenvalue weighted by atomic mass is 16.6. The Labute approximate surface area is 468 Å². The van der Waals surface area contributed by atoms with E-state index in [1.54, 1.807) is 0 Å². The van der Waals surface area contributed by atoms with Crippen LogP contribution in [0.2, 0.25) is 0 Å². The molecule has 0 radical (unpaired) electrons. The third-order valence-electron chi connectivity index (χ3n) is 15.4. The number of ether oxygens (including phenoxy) is 3. The zero-order valence-electron chi connectivity index (χ0n) is 50.8. The lowest BCUT2D eigenvalue weighted by Gasteiger charge is -2.18. The van der Waals surface area contributed by atoms with Crippen LogP contribution < -0.4 is 0 Å². The van der Waals surface area contributed by atoms with E-state index in [4.69, 9.17) is 14.2 Å². The van der Waals surface area contributed by atoms with Gasteiger partial charge in [-0.3, -0.25) is 14.4 Å². The maximum Gasteiger partial charge on any atom is 0.306 e. The van der Waals surface area contributed by atoms with Gasteiger partial charge >= 0.3 is 17.9 Å². The Hall–Kier alpha value is -2.11. The van der Waals surface area contributed by atoms with Gasteiger partial charge in [0.25, 0.3) is 0 Å². The SMILES string of the molecule is CCCC/C=C\CCCCCCCC(=O)OCC(COC(=O)CCCCCCCCCCCCCCCCCCCCCCCCCCCCCCCCCCCCC)OC(=O)CCCCCCC/C=C\CCCC. The molecule has 6 nitrogen and oxygen atoms in total. The second-order valence-electron chi connectivity index (χ2n) is 23.1. The molecule has 75 heavy (non-hydrogen) atoms. The van der Waals surface area contributed by atoms with E-state index in [1.165, 1.54) is 263 Å². The summed E-state index contributed by atoms with van der Waals surface area (Å²) in [5.74, 6) is -0.874. The van der Waals surface area contributed by atoms with Gasteiger partial charge in [-0.1, -0.05) is 328 Å². The highest BCUT2D eigenvalue weighted by molar-refractivity contribution is 5.71. The van der Waals surface area contributed by atoms with Crippen molar-refractivity contribution in [3.05, 3.63) is 24.3 Å². The van der Waals surface area contributed by atoms with Crippen LogP contribution in [0.4, 0.5) is 0 Å². The van der Waals surface area contributed by atoms with Crippen LogP contribution in [-0.2, 0) is 28.6 Å². The number of allylic oxidation sites excluding steroid dienone is 4. The van der Waals surface area contributed by atoms with Crippen molar-refractivity contribution < 1.29 is 28.6 Å². The van der Waals surface area contributed by atoms with Crippen LogP contribution in [0.5, 0.6) is 0 Å². The van der Waals surface area contributed by atoms with Gasteiger partial charge in [0.1, 0.15) is 13.2 Å². The smallest absolute Gasteiger partial charge is 0.306 e. The quantitative estimate of drug-likeness (QED) is 0.0261. The van der Waals surface area contributed by atoms with Gasteiger partial charge in [-0.15, -0.1) is 0 Å². The lowest BCUT2D eigenvalue weighted by Crippen LogP contribution is -2.30. The van der Waals surface area contributed by atoms with Crippen LogP contribution in [0, 0.1) is 0 Å². The average Bonchev–Trinajstić information content (AvgIpc) is 3.41. The summed E-state index contributed by atoms with van der Waals surface area (Å²) >= 11 is 0. The maximum atomic E-state index is 12.8. The van der Waals surface area contributed by atoms with Gasteiger partial charge in [0.05, 0.1) is 0 Å². The molecule has 0 aromatic rings. The van der Waals surface area contributed by atoms with Gasteiger partial charge in [0.15, 0.2) is 6.10 Å². The van der Waals surface area contributed by atoms with Crippen LogP contribution in [0.15, 0.2) is 24.3 Å². The second kappa shape index (κ2) is 64.4. The fourth-order valence-electron chi connectivity index (χ4n) is 10.3. The minimum Gasteiger partial charge on any atom is -0.462 e. The van der Waals surface area contributed by atoms with Gasteiger partial charge in [-0.05, 0) is 57.8 Å². The number of esters is 3. The first kappa shape index (κ1) is 72.9. The number of carbonyl (C=O) groups is 3. The van der Waals surface area contributed by atoms with E-state index in [-0.39, 0.29) is 31.1 Å². The van der Waals surface area contributed by atoms with Crippen molar-refractivity contribution in [1.29, 1.82) is 0 Å². The van der Waals surface area contributed by atoms with E-state index < -0.39 is 6.10 Å². The van der Waals surface area contributed by atoms with E-state index in [0.29, 0.717) is 19.3 Å². The molecule has 0 N–H and O–H groups in total. The van der Waals surface area contributed by atoms with Crippen molar-refractivity contribution in [1.82, 2.24) is 0 Å². The van der Waals surface area contributed by atoms with E-state index in [9.17, 15) is 14.4 Å². The monoisotopic (exact) mass is 1050 g/mol. The van der Waals surface area contributed by atoms with Crippen molar-refractivity contribution in [3.63, 3.8) is 0 Å². The molecule has 0 saturated carbocycles. The van der Waals surface area contributed by atoms with Gasteiger partial charge in [-0.2, -0.15) is 0 Å². The zero-order valence-corrected chi connectivity index (χ0v) is 50.8. The fourth-order valence-corrected chi connectivity index (χ4v) is 10.3. The number of hydrogen-bond acceptors (Lipinski definition) is 6. The summed E-state index contributed by atoms with van der Waals surface area (Å²) in [7, 11) is 0. The minimum atomic E-state index is -0.775. The molecule has 0 aliphatic carbocycles. The van der Waals surface area contributed by atoms with E-state index in [2.05, 4.69) is 45.1 Å². The fraction of sp³-hybridized carbons (Fsp3) is 0.899. The topological polar surface area (TPSA) is 78.9 Å². The van der Waals surface area contributed by atoms with Crippen molar-refractivity contribution in [2.24, 2.45) is 0 Å². The Kier molecular flexibility index (Phi) is 62.6. The summed E-state index contributed by atoms with van der Waals surface area (Å²) < 4.78 is 16.8. The average molecular weight is 1060 g/mol. The lowest BCUT2D eigenvalue weighted by molar-refractivity contribution is -0.167. The van der Waals surface area contributed by atoms with Crippen molar-refractivity contribution in [3.8, 4) is 0 Å². The zero-order chi connectivity index (χ0) is 54.3. The summed E-state index contributed by atoms with van der Waals surface area (Å²) in [6.07, 6.45) is 78.2. The summed E-state index contributed by atoms with van der Waals surface area (Å²) in [5.41, 5.74) is 0. The third kappa shape index (κ3) is 62.6. The van der Waals surface area contributed by atoms with E-state index >= 15 is 0 Å². The molecule has 1 atom stereocenters. The molecular formula is C69H130O6. The Bertz CT molecular complexity index is 1210. The maximum absolute atomic E-state index is 12.8. The number of hydrogen-bond donors (Lipinski definition) is 0. The predicted molar refractivity (Wildman–Crippen MR) is 326 cm³/mol. The number of unbranched alkanes of at least 4 members (excludes halogenated alkanes) is 48. The minimum absolute atomic E-state index is 0.0732. The Morgan fingerprint density at radius 3 is 0.707 bits per heavy atom. The molecule has 0 aromatic heterocycles. The van der Waals surface area contributed by atoms with Crippen molar-refractivity contribution in [2.75, 3.05) is 13.2 Å². The molecule has 442 valence electrons. The molecule has 0 aromatic carbocycles. The summed E-state index contributed by atoms with van der Waals surface area (Å²) in [6, 6.07) is 0. The van der Waals surface area contributed by atoms with Gasteiger partial charge < -0.3 is 14.2 Å². The van der Waals surface area contributed by atoms with Crippen LogP contribution in [-0.4, -0.2) is 37.2 Å². The summed E-state index contributed by atoms with van der Waals surface area (Å²) in [5, 5.41) is 0. The summed E-state index contributed by atoms with van der Waals surface area (Å²) in [6.45, 7) is 6.60. The van der Waals surface area contributed by atoms with Gasteiger partial charge in [-0.25, -0.2) is 0 Å². The Balaban J connectivity index is 3.92. The van der Waals surface area contributed by atoms with Crippen LogP contribution >= 0.6 is 0 Å². The molecule has 0 saturated heterocycles. The highest BCUT2D eigenvalue weighted by Crippen LogP contribution is 2.19. The predicted octanol–water partition coefficient (Wildman–Crippen LogP) is 23.0. The second-order valence-corrected chi connectivity index (χ2v) is 23.1. The molecule has 0 amide bonds. The van der Waals surface area contributed by atoms with E-state index in [0.717, 1.165) is 77.0 Å². The van der Waals surface area contributed by atoms with Crippen molar-refractivity contribution in [2.45, 2.75) is 386 Å². The molecule has 0 aliphatic heterocycles. The molecule has 0 fully saturated rings. The Morgan fingerprint density at radius 2 is 0.453 bits per heavy atom. The molecule has 0 bridgehead atoms. The van der Waals surface area contributed by atoms with Crippen LogP contribution in [0.1, 0.15) is 380 Å². The summed E-state index contributed by atoms with van der Waals surface area (Å²) in [4.78, 5) is 38.1. The third-order valence-corrected chi connectivity index (χ3v) is 15.4. The van der Waals surface area contributed by atoms with Gasteiger partial charge in [0, 0.05) is 19.3 Å². The molecular weight excluding hydrogens is 925 g/mol. The molecule has 0 heterocycles. The standard InChI is InChI=1S/C69H130O6/c1-4-7-10-13-16-19-22-23-24-25-26-27-28-29-30-31-32-33-34-35-36-37-38-39-40-41-42-43-44-45-48-50-53-56-59-62-68(71)74-65-66(75-69(72)63-60-57-54-51-47-21-18-15-12-9-6-3)64-73-67(70)61-58-55-52-49-46-20-17-14-11-8-5-2/h14-15,17-18,66H,4-13,16,19-65H2,1-3H3/b17-14-,18-15-. The normalized spacial score (nSPS) is 12.1.